The number of amides is 1. The summed E-state index contributed by atoms with van der Waals surface area (Å²) < 4.78 is 14.9. The van der Waals surface area contributed by atoms with Crippen molar-refractivity contribution in [2.75, 3.05) is 127 Å². The Balaban J connectivity index is -0.0000000469. The standard InChI is InChI=1S/C9H15BN3O.C9H17N3O2.C9H15N3O.C8H13N3O.C7H15N3O.C7H14N2O.C7H12N2.C2H6B.C2H4O2.15CH4.H3NO.5H3P/c1-7-11-9(12-14-7)8-4-3-5-13(6-8)10-2;1-7(13)14-11-9(10)8-4-3-5-12(2)6-8;1-7-10-9(11-13-7)8-4-3-5-12(2)6-8;1-6-10-8(11-12-6)7-3-2-4-9-5-7;1-10-4-2-3-6(5-10)7(8)9-11;1-9-4-2-3-6(5-9)7(8)10;1-9-4-2-3-7(5-8)6-9;1-3-2;1-2(3)4;;;;;;;;;;;;;;;;1-2;;;;;/h8H,3-6H2,1-2H3;8H,3-6H2,1-2H3,(H2,10,11);8H,3-6H2,1-2H3;7,9H,2-5H2,1H3;6,11H,2-5H2,1H3,(H2,8,9);6H,2-5H2,1H3,(H2,8,10);7H,2-4,6H2,1H3;1-2H3;1H3,(H,3,4);15*1H4;2H,1H2;5*1H3. The maximum atomic E-state index is 10.7. The molecule has 10 heterocycles. The number of carboxylic acid groups (broad SMARTS) is 1. The second-order valence-electron chi connectivity index (χ2n) is 24.4. The molecule has 0 aliphatic carbocycles. The minimum atomic E-state index is -0.833. The topological polar surface area (TPSA) is 422 Å². The molecule has 30 nitrogen and oxygen atoms in total. The fourth-order valence-electron chi connectivity index (χ4n) is 11.1. The molecule has 112 heavy (non-hydrogen) atoms. The lowest BCUT2D eigenvalue weighted by atomic mass is 9.87. The summed E-state index contributed by atoms with van der Waals surface area (Å²) in [6, 6.07) is 2.29. The van der Waals surface area contributed by atoms with E-state index in [9.17, 15) is 9.59 Å². The van der Waals surface area contributed by atoms with Crippen LogP contribution in [-0.2, 0) is 19.2 Å². The van der Waals surface area contributed by atoms with Crippen molar-refractivity contribution in [3.05, 3.63) is 35.1 Å². The molecule has 680 valence electrons. The summed E-state index contributed by atoms with van der Waals surface area (Å²) in [4.78, 5) is 60.9. The Hall–Kier alpha value is -4.02. The number of oxime groups is 2. The number of aromatic nitrogens is 6. The summed E-state index contributed by atoms with van der Waals surface area (Å²) in [5.74, 6) is 9.71. The number of nitrogens with zero attached hydrogens (tertiary/aromatic N) is 15. The summed E-state index contributed by atoms with van der Waals surface area (Å²) >= 11 is 0. The quantitative estimate of drug-likeness (QED) is 0.0197. The third kappa shape index (κ3) is 73.6. The minimum absolute atomic E-state index is 0. The molecule has 0 aromatic carbocycles. The number of carbonyl (C=O) groups is 3. The molecule has 7 saturated heterocycles. The molecule has 7 aliphatic rings. The number of piperidine rings is 7. The number of aliphatic carboxylic acids is 1. The van der Waals surface area contributed by atoms with Crippen molar-refractivity contribution in [1.29, 1.82) is 5.26 Å². The number of carbonyl (C=O) groups excluding carboxylic acids is 2. The first-order valence-electron chi connectivity index (χ1n) is 32.4. The zero-order valence-electron chi connectivity index (χ0n) is 61.2. The fourth-order valence-corrected chi connectivity index (χ4v) is 11.1. The van der Waals surface area contributed by atoms with Crippen molar-refractivity contribution in [3.63, 3.8) is 0 Å². The van der Waals surface area contributed by atoms with Crippen molar-refractivity contribution in [2.45, 2.75) is 274 Å². The Kier molecular flexibility index (Phi) is 137. The van der Waals surface area contributed by atoms with E-state index in [2.05, 4.69) is 128 Å². The summed E-state index contributed by atoms with van der Waals surface area (Å²) in [7, 11) is 14.5. The summed E-state index contributed by atoms with van der Waals surface area (Å²) in [5.41, 5.74) is 16.4. The van der Waals surface area contributed by atoms with Crippen LogP contribution in [0.3, 0.4) is 0 Å². The summed E-state index contributed by atoms with van der Waals surface area (Å²) in [5, 5.41) is 52.7. The fraction of sp³-hybridized carbons (Fsp3) is 0.840. The van der Waals surface area contributed by atoms with E-state index in [1.807, 2.05) is 55.8 Å². The maximum absolute atomic E-state index is 10.7. The predicted molar refractivity (Wildman–Crippen MR) is 512 cm³/mol. The normalized spacial score (nSPS) is 19.7. The average molecular weight is 1710 g/mol. The first-order valence-corrected chi connectivity index (χ1v) is 32.4. The van der Waals surface area contributed by atoms with Crippen LogP contribution >= 0.6 is 49.5 Å². The molecular weight excluding hydrogens is 1520 g/mol. The second kappa shape index (κ2) is 95.8. The number of likely N-dealkylation sites (tertiary alicyclic amines) is 5. The zero-order valence-corrected chi connectivity index (χ0v) is 68.3. The van der Waals surface area contributed by atoms with Gasteiger partial charge in [-0.2, -0.15) is 69.7 Å². The van der Waals surface area contributed by atoms with E-state index in [1.54, 1.807) is 0 Å². The van der Waals surface area contributed by atoms with Gasteiger partial charge in [0.15, 0.2) is 17.5 Å². The number of amidine groups is 2. The van der Waals surface area contributed by atoms with Crippen LogP contribution in [0.25, 0.3) is 0 Å². The van der Waals surface area contributed by atoms with Gasteiger partial charge in [0.05, 0.1) is 17.9 Å². The maximum Gasteiger partial charge on any atom is 0.332 e. The smallest absolute Gasteiger partial charge is 0.332 e. The lowest BCUT2D eigenvalue weighted by molar-refractivity contribution is -0.141. The number of hydrogen-bond acceptors (Lipinski definition) is 26. The van der Waals surface area contributed by atoms with E-state index < -0.39 is 11.9 Å². The van der Waals surface area contributed by atoms with Crippen molar-refractivity contribution in [2.24, 2.45) is 57.1 Å². The van der Waals surface area contributed by atoms with Gasteiger partial charge in [-0.1, -0.05) is 158 Å². The van der Waals surface area contributed by atoms with E-state index in [0.29, 0.717) is 53.0 Å². The van der Waals surface area contributed by atoms with Crippen LogP contribution in [0.15, 0.2) is 23.9 Å². The molecule has 3 aromatic rings. The first-order chi connectivity index (χ1) is 43.9. The van der Waals surface area contributed by atoms with Gasteiger partial charge < -0.3 is 85.8 Å². The highest BCUT2D eigenvalue weighted by Crippen LogP contribution is 2.26. The molecule has 7 aliphatic heterocycles. The highest BCUT2D eigenvalue weighted by Gasteiger charge is 2.27. The van der Waals surface area contributed by atoms with E-state index in [-0.39, 0.29) is 185 Å². The van der Waals surface area contributed by atoms with Crippen molar-refractivity contribution in [3.8, 4) is 6.07 Å². The lowest BCUT2D eigenvalue weighted by Crippen LogP contribution is -2.39. The van der Waals surface area contributed by atoms with Gasteiger partial charge >= 0.3 is 5.97 Å². The molecule has 0 bridgehead atoms. The molecule has 10 rings (SSSR count). The van der Waals surface area contributed by atoms with Gasteiger partial charge in [0, 0.05) is 103 Å². The first kappa shape index (κ1) is 160. The molecule has 12 atom stereocenters. The van der Waals surface area contributed by atoms with Gasteiger partial charge in [-0.15, -0.1) is 0 Å². The van der Waals surface area contributed by atoms with Crippen LogP contribution in [-0.4, -0.2) is 246 Å². The minimum Gasteiger partial charge on any atom is -0.481 e. The molecule has 2 radical (unpaired) electrons. The number of carboxylic acids is 1. The van der Waals surface area contributed by atoms with Gasteiger partial charge in [0.25, 0.3) is 5.97 Å². The van der Waals surface area contributed by atoms with Crippen LogP contribution in [0.2, 0.25) is 20.5 Å². The van der Waals surface area contributed by atoms with Crippen LogP contribution in [0.5, 0.6) is 0 Å². The van der Waals surface area contributed by atoms with Crippen LogP contribution in [0, 0.1) is 55.8 Å². The molecular formula is C75H189B2N20O10P5. The summed E-state index contributed by atoms with van der Waals surface area (Å²) in [6.45, 7) is 28.6. The molecule has 1 amide bonds. The van der Waals surface area contributed by atoms with E-state index >= 15 is 0 Å². The Morgan fingerprint density at radius 2 is 0.812 bits per heavy atom. The highest BCUT2D eigenvalue weighted by molar-refractivity contribution is 6.92. The Labute approximate surface area is 708 Å². The van der Waals surface area contributed by atoms with Crippen molar-refractivity contribution < 1.29 is 48.3 Å². The third-order valence-corrected chi connectivity index (χ3v) is 15.8. The summed E-state index contributed by atoms with van der Waals surface area (Å²) in [6.07, 6.45) is 15.8. The SMILES string of the molecule is C.C.C.C.C.C.C.C.C.C.C.C.C.C.C.CC(=O)O.CC(=O)O/N=C(/N)C1CCCN(C)C1.CN1CCCC(/C(N)=N/O)C1.CN1CCCC(C#N)C1.CN1CCCC(C(N)=O)C1.C[B]C.C[B]N1CCCC(c2noc(C)n2)C1.Cc1nc(C2CCCN(C)C2)no1.Cc1nc(C2CCCNC2)no1.NO.P.P.P.P.P. The van der Waals surface area contributed by atoms with E-state index in [0.717, 1.165) is 154 Å². The third-order valence-electron chi connectivity index (χ3n) is 15.8. The number of likely N-dealkylation sites (N-methyl/N-ethyl adjacent to an activating group) is 1. The van der Waals surface area contributed by atoms with Crippen molar-refractivity contribution >= 4 is 93.7 Å². The zero-order chi connectivity index (χ0) is 69.0. The van der Waals surface area contributed by atoms with Crippen LogP contribution in [0.4, 0.5) is 0 Å². The number of nitrogens with two attached hydrogens (primary N) is 4. The van der Waals surface area contributed by atoms with Gasteiger partial charge in [-0.05, 0) is 177 Å². The number of nitrogens with one attached hydrogen (secondary N) is 1. The van der Waals surface area contributed by atoms with Gasteiger partial charge in [0.2, 0.25) is 31.0 Å². The van der Waals surface area contributed by atoms with E-state index in [1.165, 1.54) is 58.4 Å². The number of primary amides is 1. The molecule has 0 spiro atoms. The van der Waals surface area contributed by atoms with E-state index in [4.69, 9.17) is 56.3 Å². The average Bonchev–Trinajstić information content (AvgIpc) is 1.72. The molecule has 3 aromatic heterocycles. The van der Waals surface area contributed by atoms with Crippen molar-refractivity contribution in [1.82, 2.24) is 65.0 Å². The Bertz CT molecular complexity index is 2570. The lowest BCUT2D eigenvalue weighted by Gasteiger charge is -2.29. The number of rotatable bonds is 8. The number of hydrogen-bond donors (Lipinski definition) is 8. The molecule has 12 unspecified atom stereocenters. The molecule has 12 N–H and O–H groups in total. The Morgan fingerprint density at radius 3 is 1.10 bits per heavy atom. The van der Waals surface area contributed by atoms with Gasteiger partial charge in [-0.3, -0.25) is 9.59 Å². The highest BCUT2D eigenvalue weighted by atomic mass is 31.0. The largest absolute Gasteiger partial charge is 0.481 e. The monoisotopic (exact) mass is 1710 g/mol. The number of aryl methyl sites for hydroxylation is 3. The Morgan fingerprint density at radius 1 is 0.500 bits per heavy atom. The predicted octanol–water partition coefficient (Wildman–Crippen LogP) is 14.2. The van der Waals surface area contributed by atoms with Crippen LogP contribution in [0.1, 0.15) is 268 Å². The van der Waals surface area contributed by atoms with Crippen LogP contribution < -0.4 is 28.4 Å². The number of nitriles is 1. The molecule has 7 fully saturated rings. The van der Waals surface area contributed by atoms with Gasteiger partial charge in [-0.25, -0.2) is 10.7 Å². The second-order valence-corrected chi connectivity index (χ2v) is 24.4. The molecule has 0 saturated carbocycles. The van der Waals surface area contributed by atoms with Gasteiger partial charge in [0.1, 0.15) is 19.0 Å². The molecule has 37 heteroatoms.